The van der Waals surface area contributed by atoms with E-state index in [4.69, 9.17) is 21.8 Å². The molecule has 2 aromatic rings. The number of rotatable bonds is 4. The molecule has 1 aromatic heterocycles. The fourth-order valence-electron chi connectivity index (χ4n) is 2.77. The van der Waals surface area contributed by atoms with E-state index in [-0.39, 0.29) is 0 Å². The zero-order valence-corrected chi connectivity index (χ0v) is 12.6. The van der Waals surface area contributed by atoms with Crippen molar-refractivity contribution in [3.05, 3.63) is 35.2 Å². The molecule has 5 nitrogen and oxygen atoms in total. The van der Waals surface area contributed by atoms with Crippen LogP contribution in [0.5, 0.6) is 0 Å². The second kappa shape index (κ2) is 6.56. The molecule has 112 valence electrons. The predicted molar refractivity (Wildman–Crippen MR) is 81.8 cm³/mol. The molecule has 2 heterocycles. The smallest absolute Gasteiger partial charge is 0.249 e. The SMILES string of the molecule is NCC1CCCCN1Cc1nnc(-c2ccccc2Cl)o1. The summed E-state index contributed by atoms with van der Waals surface area (Å²) in [5.74, 6) is 1.09. The summed E-state index contributed by atoms with van der Waals surface area (Å²) in [4.78, 5) is 2.33. The van der Waals surface area contributed by atoms with Gasteiger partial charge in [-0.3, -0.25) is 4.90 Å². The first-order valence-corrected chi connectivity index (χ1v) is 7.67. The van der Waals surface area contributed by atoms with Crippen LogP contribution in [0.1, 0.15) is 25.2 Å². The first kappa shape index (κ1) is 14.5. The number of nitrogens with two attached hydrogens (primary N) is 1. The van der Waals surface area contributed by atoms with Crippen LogP contribution in [0.3, 0.4) is 0 Å². The molecule has 1 aliphatic heterocycles. The van der Waals surface area contributed by atoms with Crippen LogP contribution in [0.4, 0.5) is 0 Å². The highest BCUT2D eigenvalue weighted by molar-refractivity contribution is 6.33. The number of likely N-dealkylation sites (tertiary alicyclic amines) is 1. The number of hydrogen-bond acceptors (Lipinski definition) is 5. The molecular weight excluding hydrogens is 288 g/mol. The third-order valence-electron chi connectivity index (χ3n) is 3.93. The van der Waals surface area contributed by atoms with Gasteiger partial charge in [0.1, 0.15) is 0 Å². The van der Waals surface area contributed by atoms with Gasteiger partial charge in [0.25, 0.3) is 0 Å². The van der Waals surface area contributed by atoms with Gasteiger partial charge in [-0.1, -0.05) is 30.2 Å². The minimum absolute atomic E-state index is 0.411. The Kier molecular flexibility index (Phi) is 4.53. The van der Waals surface area contributed by atoms with Gasteiger partial charge in [-0.25, -0.2) is 0 Å². The molecule has 0 saturated carbocycles. The molecule has 1 aliphatic rings. The predicted octanol–water partition coefficient (Wildman–Crippen LogP) is 2.70. The summed E-state index contributed by atoms with van der Waals surface area (Å²) in [5, 5.41) is 8.86. The summed E-state index contributed by atoms with van der Waals surface area (Å²) >= 11 is 6.15. The van der Waals surface area contributed by atoms with Gasteiger partial charge in [0.15, 0.2) is 0 Å². The van der Waals surface area contributed by atoms with Gasteiger partial charge >= 0.3 is 0 Å². The first-order valence-electron chi connectivity index (χ1n) is 7.29. The van der Waals surface area contributed by atoms with E-state index in [9.17, 15) is 0 Å². The molecule has 6 heteroatoms. The van der Waals surface area contributed by atoms with Gasteiger partial charge in [-0.15, -0.1) is 10.2 Å². The molecule has 0 amide bonds. The van der Waals surface area contributed by atoms with Crippen LogP contribution in [0.15, 0.2) is 28.7 Å². The van der Waals surface area contributed by atoms with Crippen LogP contribution in [-0.4, -0.2) is 34.2 Å². The molecule has 0 aliphatic carbocycles. The molecule has 1 saturated heterocycles. The Morgan fingerprint density at radius 3 is 2.95 bits per heavy atom. The Balaban J connectivity index is 1.75. The number of piperidine rings is 1. The van der Waals surface area contributed by atoms with Gasteiger partial charge < -0.3 is 10.2 Å². The van der Waals surface area contributed by atoms with Crippen LogP contribution in [0, 0.1) is 0 Å². The van der Waals surface area contributed by atoms with Crippen molar-refractivity contribution in [3.63, 3.8) is 0 Å². The lowest BCUT2D eigenvalue weighted by Gasteiger charge is -2.33. The summed E-state index contributed by atoms with van der Waals surface area (Å²) in [6.45, 7) is 2.36. The zero-order valence-electron chi connectivity index (χ0n) is 11.8. The lowest BCUT2D eigenvalue weighted by molar-refractivity contribution is 0.132. The maximum Gasteiger partial charge on any atom is 0.249 e. The topological polar surface area (TPSA) is 68.2 Å². The van der Waals surface area contributed by atoms with Crippen molar-refractivity contribution in [3.8, 4) is 11.5 Å². The van der Waals surface area contributed by atoms with Crippen LogP contribution in [0.25, 0.3) is 11.5 Å². The highest BCUT2D eigenvalue weighted by Crippen LogP contribution is 2.27. The van der Waals surface area contributed by atoms with Crippen LogP contribution in [0.2, 0.25) is 5.02 Å². The van der Waals surface area contributed by atoms with E-state index in [0.29, 0.717) is 35.9 Å². The highest BCUT2D eigenvalue weighted by atomic mass is 35.5. The Labute approximate surface area is 129 Å². The summed E-state index contributed by atoms with van der Waals surface area (Å²) in [6, 6.07) is 7.89. The largest absolute Gasteiger partial charge is 0.419 e. The highest BCUT2D eigenvalue weighted by Gasteiger charge is 2.23. The van der Waals surface area contributed by atoms with E-state index >= 15 is 0 Å². The molecule has 21 heavy (non-hydrogen) atoms. The molecule has 0 bridgehead atoms. The van der Waals surface area contributed by atoms with Crippen LogP contribution >= 0.6 is 11.6 Å². The van der Waals surface area contributed by atoms with Gasteiger partial charge in [-0.2, -0.15) is 0 Å². The standard InChI is InChI=1S/C15H19ClN4O/c16-13-7-2-1-6-12(13)15-19-18-14(21-15)10-20-8-4-3-5-11(20)9-17/h1-2,6-7,11H,3-5,8-10,17H2. The lowest BCUT2D eigenvalue weighted by atomic mass is 10.0. The monoisotopic (exact) mass is 306 g/mol. The van der Waals surface area contributed by atoms with Gasteiger partial charge in [0.2, 0.25) is 11.8 Å². The maximum absolute atomic E-state index is 6.15. The van der Waals surface area contributed by atoms with E-state index in [1.54, 1.807) is 0 Å². The van der Waals surface area contributed by atoms with Crippen molar-refractivity contribution in [2.45, 2.75) is 31.8 Å². The third kappa shape index (κ3) is 3.26. The van der Waals surface area contributed by atoms with Gasteiger partial charge in [0.05, 0.1) is 17.1 Å². The van der Waals surface area contributed by atoms with E-state index in [0.717, 1.165) is 18.5 Å². The minimum atomic E-state index is 0.411. The van der Waals surface area contributed by atoms with Crippen LogP contribution < -0.4 is 5.73 Å². The number of hydrogen-bond donors (Lipinski definition) is 1. The molecule has 0 spiro atoms. The van der Waals surface area contributed by atoms with Crippen molar-refractivity contribution >= 4 is 11.6 Å². The zero-order chi connectivity index (χ0) is 14.7. The number of nitrogens with zero attached hydrogens (tertiary/aromatic N) is 3. The van der Waals surface area contributed by atoms with Crippen molar-refractivity contribution in [2.75, 3.05) is 13.1 Å². The molecule has 2 N–H and O–H groups in total. The molecule has 3 rings (SSSR count). The number of benzene rings is 1. The third-order valence-corrected chi connectivity index (χ3v) is 4.26. The molecule has 1 aromatic carbocycles. The van der Waals surface area contributed by atoms with Gasteiger partial charge in [0, 0.05) is 12.6 Å². The second-order valence-corrected chi connectivity index (χ2v) is 5.74. The Hall–Kier alpha value is -1.43. The normalized spacial score (nSPS) is 19.8. The van der Waals surface area contributed by atoms with Crippen molar-refractivity contribution in [2.24, 2.45) is 5.73 Å². The fourth-order valence-corrected chi connectivity index (χ4v) is 2.99. The van der Waals surface area contributed by atoms with E-state index in [2.05, 4.69) is 15.1 Å². The minimum Gasteiger partial charge on any atom is -0.419 e. The summed E-state index contributed by atoms with van der Waals surface area (Å²) in [7, 11) is 0. The summed E-state index contributed by atoms with van der Waals surface area (Å²) in [6.07, 6.45) is 3.58. The van der Waals surface area contributed by atoms with Crippen molar-refractivity contribution in [1.29, 1.82) is 0 Å². The Morgan fingerprint density at radius 2 is 2.14 bits per heavy atom. The average molecular weight is 307 g/mol. The van der Waals surface area contributed by atoms with E-state index < -0.39 is 0 Å². The summed E-state index contributed by atoms with van der Waals surface area (Å²) in [5.41, 5.74) is 6.61. The lowest BCUT2D eigenvalue weighted by Crippen LogP contribution is -2.43. The van der Waals surface area contributed by atoms with Crippen LogP contribution in [-0.2, 0) is 6.54 Å². The fraction of sp³-hybridized carbons (Fsp3) is 0.467. The molecular formula is C15H19ClN4O. The van der Waals surface area contributed by atoms with Crippen molar-refractivity contribution in [1.82, 2.24) is 15.1 Å². The van der Waals surface area contributed by atoms with E-state index in [1.165, 1.54) is 12.8 Å². The molecule has 1 unspecified atom stereocenters. The number of aromatic nitrogens is 2. The summed E-state index contributed by atoms with van der Waals surface area (Å²) < 4.78 is 5.76. The average Bonchev–Trinajstić information content (AvgIpc) is 2.96. The molecule has 0 radical (unpaired) electrons. The molecule has 1 atom stereocenters. The number of halogens is 1. The maximum atomic E-state index is 6.15. The molecule has 1 fully saturated rings. The first-order chi connectivity index (χ1) is 10.3. The van der Waals surface area contributed by atoms with Crippen molar-refractivity contribution < 1.29 is 4.42 Å². The Bertz CT molecular complexity index is 601. The Morgan fingerprint density at radius 1 is 1.29 bits per heavy atom. The van der Waals surface area contributed by atoms with E-state index in [1.807, 2.05) is 24.3 Å². The second-order valence-electron chi connectivity index (χ2n) is 5.34. The quantitative estimate of drug-likeness (QED) is 0.940. The van der Waals surface area contributed by atoms with Gasteiger partial charge in [-0.05, 0) is 31.5 Å².